The van der Waals surface area contributed by atoms with Gasteiger partial charge in [0.2, 0.25) is 5.91 Å². The number of sulfonamides is 1. The fourth-order valence-corrected chi connectivity index (χ4v) is 5.40. The van der Waals surface area contributed by atoms with E-state index in [-0.39, 0.29) is 11.4 Å². The molecule has 0 bridgehead atoms. The smallest absolute Gasteiger partial charge is 0.264 e. The Labute approximate surface area is 198 Å². The van der Waals surface area contributed by atoms with Crippen molar-refractivity contribution in [3.8, 4) is 0 Å². The quantitative estimate of drug-likeness (QED) is 0.411. The molecule has 32 heavy (non-hydrogen) atoms. The molecule has 0 aliphatic heterocycles. The van der Waals surface area contributed by atoms with Gasteiger partial charge in [-0.3, -0.25) is 9.10 Å². The zero-order chi connectivity index (χ0) is 23.1. The summed E-state index contributed by atoms with van der Waals surface area (Å²) in [5, 5.41) is 3.19. The average Bonchev–Trinajstić information content (AvgIpc) is 3.27. The second-order valence-electron chi connectivity index (χ2n) is 7.24. The van der Waals surface area contributed by atoms with Crippen LogP contribution >= 0.6 is 23.4 Å². The molecular weight excluding hydrogens is 468 g/mol. The first-order valence-corrected chi connectivity index (χ1v) is 13.0. The van der Waals surface area contributed by atoms with Crippen LogP contribution in [0.15, 0.2) is 70.2 Å². The Kier molecular flexibility index (Phi) is 8.28. The van der Waals surface area contributed by atoms with E-state index < -0.39 is 15.9 Å². The Balaban J connectivity index is 1.73. The largest absolute Gasteiger partial charge is 0.468 e. The number of hydrogen-bond donors (Lipinski definition) is 1. The van der Waals surface area contributed by atoms with Crippen molar-refractivity contribution in [1.29, 1.82) is 0 Å². The number of benzene rings is 2. The lowest BCUT2D eigenvalue weighted by Gasteiger charge is -2.26. The molecule has 3 rings (SSSR count). The highest BCUT2D eigenvalue weighted by Gasteiger charge is 2.28. The summed E-state index contributed by atoms with van der Waals surface area (Å²) in [7, 11) is -3.97. The molecule has 0 radical (unpaired) electrons. The third-order valence-corrected chi connectivity index (χ3v) is 7.72. The van der Waals surface area contributed by atoms with Crippen molar-refractivity contribution in [3.05, 3.63) is 82.8 Å². The zero-order valence-corrected chi connectivity index (χ0v) is 20.3. The second kappa shape index (κ2) is 10.9. The van der Waals surface area contributed by atoms with Crippen LogP contribution in [0.25, 0.3) is 0 Å². The normalized spacial score (nSPS) is 11.3. The SMILES string of the molecule is Cc1ccc(S(=O)(=O)N(CC(=O)NCCSCc2ccco2)c2cc(Cl)ccc2C)cc1. The summed E-state index contributed by atoms with van der Waals surface area (Å²) < 4.78 is 33.3. The van der Waals surface area contributed by atoms with Crippen LogP contribution in [0.2, 0.25) is 5.02 Å². The van der Waals surface area contributed by atoms with Crippen LogP contribution in [0.5, 0.6) is 0 Å². The van der Waals surface area contributed by atoms with Gasteiger partial charge in [-0.25, -0.2) is 8.42 Å². The molecule has 6 nitrogen and oxygen atoms in total. The Morgan fingerprint density at radius 2 is 1.88 bits per heavy atom. The molecule has 0 unspecified atom stereocenters. The molecule has 9 heteroatoms. The van der Waals surface area contributed by atoms with Gasteiger partial charge in [0.05, 0.1) is 22.6 Å². The van der Waals surface area contributed by atoms with Crippen molar-refractivity contribution in [2.24, 2.45) is 0 Å². The third-order valence-electron chi connectivity index (χ3n) is 4.73. The van der Waals surface area contributed by atoms with Crippen LogP contribution in [0.1, 0.15) is 16.9 Å². The minimum Gasteiger partial charge on any atom is -0.468 e. The molecule has 0 saturated heterocycles. The predicted octanol–water partition coefficient (Wildman–Crippen LogP) is 4.79. The molecule has 170 valence electrons. The molecule has 0 spiro atoms. The summed E-state index contributed by atoms with van der Waals surface area (Å²) in [5.41, 5.74) is 2.02. The summed E-state index contributed by atoms with van der Waals surface area (Å²) >= 11 is 7.76. The van der Waals surface area contributed by atoms with Gasteiger partial charge < -0.3 is 9.73 Å². The topological polar surface area (TPSA) is 79.6 Å². The fourth-order valence-electron chi connectivity index (χ4n) is 3.00. The summed E-state index contributed by atoms with van der Waals surface area (Å²) in [6.07, 6.45) is 1.62. The van der Waals surface area contributed by atoms with E-state index in [0.29, 0.717) is 34.3 Å². The van der Waals surface area contributed by atoms with Crippen LogP contribution in [0.3, 0.4) is 0 Å². The number of furan rings is 1. The molecule has 0 atom stereocenters. The number of amides is 1. The maximum absolute atomic E-state index is 13.4. The molecule has 1 heterocycles. The second-order valence-corrected chi connectivity index (χ2v) is 10.6. The highest BCUT2D eigenvalue weighted by Crippen LogP contribution is 2.29. The number of rotatable bonds is 10. The first kappa shape index (κ1) is 24.2. The molecule has 3 aromatic rings. The molecule has 1 N–H and O–H groups in total. The summed E-state index contributed by atoms with van der Waals surface area (Å²) in [5.74, 6) is 1.86. The van der Waals surface area contributed by atoms with Gasteiger partial charge in [0.25, 0.3) is 10.0 Å². The fraction of sp³-hybridized carbons (Fsp3) is 0.261. The maximum Gasteiger partial charge on any atom is 0.264 e. The molecule has 0 aliphatic carbocycles. The summed E-state index contributed by atoms with van der Waals surface area (Å²) in [6.45, 7) is 3.73. The molecule has 1 amide bonds. The van der Waals surface area contributed by atoms with E-state index in [4.69, 9.17) is 16.0 Å². The number of nitrogens with zero attached hydrogens (tertiary/aromatic N) is 1. The van der Waals surface area contributed by atoms with Gasteiger partial charge >= 0.3 is 0 Å². The third kappa shape index (κ3) is 6.31. The number of thioether (sulfide) groups is 1. The van der Waals surface area contributed by atoms with Gasteiger partial charge in [0, 0.05) is 17.3 Å². The van der Waals surface area contributed by atoms with Crippen LogP contribution in [0, 0.1) is 13.8 Å². The van der Waals surface area contributed by atoms with Gasteiger partial charge in [0.15, 0.2) is 0 Å². The summed E-state index contributed by atoms with van der Waals surface area (Å²) in [4.78, 5) is 12.8. The minimum absolute atomic E-state index is 0.115. The first-order valence-electron chi connectivity index (χ1n) is 10.00. The van der Waals surface area contributed by atoms with E-state index in [1.165, 1.54) is 0 Å². The van der Waals surface area contributed by atoms with Crippen LogP contribution in [-0.2, 0) is 20.6 Å². The van der Waals surface area contributed by atoms with E-state index in [0.717, 1.165) is 15.6 Å². The maximum atomic E-state index is 13.4. The van der Waals surface area contributed by atoms with Crippen molar-refractivity contribution < 1.29 is 17.6 Å². The molecule has 1 aromatic heterocycles. The predicted molar refractivity (Wildman–Crippen MR) is 130 cm³/mol. The molecule has 0 fully saturated rings. The highest BCUT2D eigenvalue weighted by atomic mass is 35.5. The summed E-state index contributed by atoms with van der Waals surface area (Å²) in [6, 6.07) is 15.3. The van der Waals surface area contributed by atoms with Gasteiger partial charge in [-0.1, -0.05) is 35.4 Å². The van der Waals surface area contributed by atoms with Crippen molar-refractivity contribution in [1.82, 2.24) is 5.32 Å². The molecule has 0 aliphatic rings. The Morgan fingerprint density at radius 1 is 1.12 bits per heavy atom. The molecule has 0 saturated carbocycles. The van der Waals surface area contributed by atoms with E-state index >= 15 is 0 Å². The number of hydrogen-bond acceptors (Lipinski definition) is 5. The van der Waals surface area contributed by atoms with E-state index in [1.54, 1.807) is 67.4 Å². The van der Waals surface area contributed by atoms with Crippen LogP contribution in [0.4, 0.5) is 5.69 Å². The number of anilines is 1. The zero-order valence-electron chi connectivity index (χ0n) is 17.9. The number of carbonyl (C=O) groups is 1. The lowest BCUT2D eigenvalue weighted by atomic mass is 10.2. The van der Waals surface area contributed by atoms with Crippen molar-refractivity contribution in [3.63, 3.8) is 0 Å². The number of halogens is 1. The Hall–Kier alpha value is -2.42. The lowest BCUT2D eigenvalue weighted by molar-refractivity contribution is -0.119. The monoisotopic (exact) mass is 492 g/mol. The van der Waals surface area contributed by atoms with Crippen molar-refractivity contribution >= 4 is 45.0 Å². The molecule has 2 aromatic carbocycles. The standard InChI is InChI=1S/C23H25ClN2O4S2/c1-17-5-9-21(10-6-17)32(28,29)26(22-14-19(24)8-7-18(22)2)15-23(27)25-11-13-31-16-20-4-3-12-30-20/h3-10,12,14H,11,13,15-16H2,1-2H3,(H,25,27). The van der Waals surface area contributed by atoms with Crippen LogP contribution in [-0.4, -0.2) is 33.2 Å². The highest BCUT2D eigenvalue weighted by molar-refractivity contribution is 7.98. The average molecular weight is 493 g/mol. The Bertz CT molecular complexity index is 1150. The van der Waals surface area contributed by atoms with E-state index in [2.05, 4.69) is 5.32 Å². The minimum atomic E-state index is -3.97. The van der Waals surface area contributed by atoms with E-state index in [9.17, 15) is 13.2 Å². The van der Waals surface area contributed by atoms with Crippen LogP contribution < -0.4 is 9.62 Å². The van der Waals surface area contributed by atoms with Crippen molar-refractivity contribution in [2.45, 2.75) is 24.5 Å². The van der Waals surface area contributed by atoms with Crippen molar-refractivity contribution in [2.75, 3.05) is 23.1 Å². The first-order chi connectivity index (χ1) is 15.3. The number of aryl methyl sites for hydroxylation is 2. The lowest BCUT2D eigenvalue weighted by Crippen LogP contribution is -2.41. The van der Waals surface area contributed by atoms with Gasteiger partial charge in [-0.05, 0) is 55.8 Å². The number of nitrogens with one attached hydrogen (secondary N) is 1. The number of carbonyl (C=O) groups excluding carboxylic acids is 1. The van der Waals surface area contributed by atoms with Gasteiger partial charge in [0.1, 0.15) is 12.3 Å². The van der Waals surface area contributed by atoms with E-state index in [1.807, 2.05) is 19.1 Å². The van der Waals surface area contributed by atoms with Gasteiger partial charge in [-0.2, -0.15) is 11.8 Å². The van der Waals surface area contributed by atoms with Gasteiger partial charge in [-0.15, -0.1) is 0 Å². The molecular formula is C23H25ClN2O4S2. The Morgan fingerprint density at radius 3 is 2.56 bits per heavy atom.